The molecule has 0 N–H and O–H groups in total. The maximum absolute atomic E-state index is 5.37. The molecule has 2 aliphatic carbocycles. The van der Waals surface area contributed by atoms with Crippen LogP contribution in [0.5, 0.6) is 0 Å². The van der Waals surface area contributed by atoms with E-state index in [9.17, 15) is 0 Å². The smallest absolute Gasteiger partial charge is 0.0755 e. The van der Waals surface area contributed by atoms with E-state index in [1.807, 2.05) is 0 Å². The van der Waals surface area contributed by atoms with Crippen molar-refractivity contribution in [1.82, 2.24) is 0 Å². The molecule has 0 spiro atoms. The minimum atomic E-state index is 0.319. The summed E-state index contributed by atoms with van der Waals surface area (Å²) in [6.07, 6.45) is 15.4. The molecule has 0 saturated carbocycles. The van der Waals surface area contributed by atoms with Crippen LogP contribution in [0.25, 0.3) is 0 Å². The molecule has 76 valence electrons. The maximum Gasteiger partial charge on any atom is 0.0755 e. The lowest BCUT2D eigenvalue weighted by Crippen LogP contribution is -2.10. The molecule has 0 aromatic carbocycles. The summed E-state index contributed by atoms with van der Waals surface area (Å²) in [5.74, 6) is 0. The van der Waals surface area contributed by atoms with E-state index in [1.165, 1.54) is 19.3 Å². The third kappa shape index (κ3) is 2.16. The first-order valence-electron chi connectivity index (χ1n) is 5.48. The van der Waals surface area contributed by atoms with Gasteiger partial charge in [0.05, 0.1) is 6.10 Å². The highest BCUT2D eigenvalue weighted by Gasteiger charge is 2.13. The lowest BCUT2D eigenvalue weighted by molar-refractivity contribution is 0.133. The van der Waals surface area contributed by atoms with Gasteiger partial charge in [-0.15, -0.1) is 0 Å². The highest BCUT2D eigenvalue weighted by atomic mass is 16.5. The van der Waals surface area contributed by atoms with Gasteiger partial charge in [-0.2, -0.15) is 0 Å². The van der Waals surface area contributed by atoms with Gasteiger partial charge < -0.3 is 4.74 Å². The summed E-state index contributed by atoms with van der Waals surface area (Å²) in [5, 5.41) is 0. The Bertz CT molecular complexity index is 284. The summed E-state index contributed by atoms with van der Waals surface area (Å²) >= 11 is 0. The Morgan fingerprint density at radius 2 is 2.00 bits per heavy atom. The summed E-state index contributed by atoms with van der Waals surface area (Å²) in [5.41, 5.74) is 3.10. The van der Waals surface area contributed by atoms with Crippen molar-refractivity contribution < 1.29 is 4.74 Å². The van der Waals surface area contributed by atoms with Crippen LogP contribution in [-0.4, -0.2) is 13.2 Å². The van der Waals surface area contributed by atoms with Gasteiger partial charge in [-0.3, -0.25) is 0 Å². The van der Waals surface area contributed by atoms with Crippen LogP contribution >= 0.6 is 0 Å². The zero-order chi connectivity index (χ0) is 9.80. The predicted molar refractivity (Wildman–Crippen MR) is 59.2 cm³/mol. The maximum atomic E-state index is 5.37. The molecule has 0 heterocycles. The van der Waals surface area contributed by atoms with Gasteiger partial charge in [0, 0.05) is 7.11 Å². The zero-order valence-electron chi connectivity index (χ0n) is 8.83. The SMILES string of the molecule is COC1/C=C\CC2=CCCC=C2CC1. The van der Waals surface area contributed by atoms with Gasteiger partial charge >= 0.3 is 0 Å². The Labute approximate surface area is 86.2 Å². The Balaban J connectivity index is 2.12. The quantitative estimate of drug-likeness (QED) is 0.576. The van der Waals surface area contributed by atoms with Crippen molar-refractivity contribution in [2.45, 2.75) is 38.2 Å². The Morgan fingerprint density at radius 3 is 2.79 bits per heavy atom. The van der Waals surface area contributed by atoms with E-state index in [0.29, 0.717) is 6.10 Å². The van der Waals surface area contributed by atoms with E-state index in [1.54, 1.807) is 18.3 Å². The average Bonchev–Trinajstić information content (AvgIpc) is 2.19. The second-order valence-electron chi connectivity index (χ2n) is 3.98. The van der Waals surface area contributed by atoms with E-state index >= 15 is 0 Å². The number of methoxy groups -OCH3 is 1. The van der Waals surface area contributed by atoms with Gasteiger partial charge in [0.2, 0.25) is 0 Å². The molecule has 1 heteroatoms. The molecule has 0 amide bonds. The fourth-order valence-electron chi connectivity index (χ4n) is 2.19. The molecule has 0 aromatic heterocycles. The molecule has 2 rings (SSSR count). The van der Waals surface area contributed by atoms with Crippen LogP contribution in [-0.2, 0) is 4.74 Å². The second kappa shape index (κ2) is 4.61. The van der Waals surface area contributed by atoms with Crippen LogP contribution in [0.4, 0.5) is 0 Å². The molecular weight excluding hydrogens is 172 g/mol. The predicted octanol–water partition coefficient (Wildman–Crippen LogP) is 3.39. The number of allylic oxidation sites excluding steroid dienone is 5. The first-order valence-corrected chi connectivity index (χ1v) is 5.48. The number of hydrogen-bond donors (Lipinski definition) is 0. The third-order valence-corrected chi connectivity index (χ3v) is 3.05. The van der Waals surface area contributed by atoms with E-state index in [-0.39, 0.29) is 0 Å². The molecule has 1 nitrogen and oxygen atoms in total. The van der Waals surface area contributed by atoms with Gasteiger partial charge in [-0.25, -0.2) is 0 Å². The van der Waals surface area contributed by atoms with E-state index in [0.717, 1.165) is 12.8 Å². The Kier molecular flexibility index (Phi) is 3.20. The average molecular weight is 190 g/mol. The minimum Gasteiger partial charge on any atom is -0.377 e. The lowest BCUT2D eigenvalue weighted by atomic mass is 9.89. The number of hydrogen-bond acceptors (Lipinski definition) is 1. The summed E-state index contributed by atoms with van der Waals surface area (Å²) in [7, 11) is 1.79. The van der Waals surface area contributed by atoms with Crippen molar-refractivity contribution in [3.05, 3.63) is 35.5 Å². The van der Waals surface area contributed by atoms with Crippen molar-refractivity contribution in [3.63, 3.8) is 0 Å². The molecule has 0 aliphatic heterocycles. The first kappa shape index (κ1) is 9.72. The third-order valence-electron chi connectivity index (χ3n) is 3.05. The molecule has 0 fully saturated rings. The van der Waals surface area contributed by atoms with Crippen molar-refractivity contribution >= 4 is 0 Å². The molecule has 0 saturated heterocycles. The van der Waals surface area contributed by atoms with Crippen LogP contribution in [0, 0.1) is 0 Å². The molecule has 0 bridgehead atoms. The Hall–Kier alpha value is -0.820. The number of fused-ring (bicyclic) bond motifs is 1. The van der Waals surface area contributed by atoms with Gasteiger partial charge in [-0.05, 0) is 43.3 Å². The summed E-state index contributed by atoms with van der Waals surface area (Å²) in [6.45, 7) is 0. The molecule has 1 atom stereocenters. The minimum absolute atomic E-state index is 0.319. The normalized spacial score (nSPS) is 29.4. The lowest BCUT2D eigenvalue weighted by Gasteiger charge is -2.20. The van der Waals surface area contributed by atoms with Crippen molar-refractivity contribution in [2.75, 3.05) is 7.11 Å². The molecule has 0 aromatic rings. The molecule has 2 aliphatic rings. The fourth-order valence-corrected chi connectivity index (χ4v) is 2.19. The zero-order valence-corrected chi connectivity index (χ0v) is 8.83. The van der Waals surface area contributed by atoms with E-state index < -0.39 is 0 Å². The number of rotatable bonds is 1. The highest BCUT2D eigenvalue weighted by Crippen LogP contribution is 2.28. The first-order chi connectivity index (χ1) is 6.90. The van der Waals surface area contributed by atoms with Crippen molar-refractivity contribution in [1.29, 1.82) is 0 Å². The van der Waals surface area contributed by atoms with Crippen LogP contribution in [0.15, 0.2) is 35.5 Å². The van der Waals surface area contributed by atoms with Crippen LogP contribution in [0.2, 0.25) is 0 Å². The summed E-state index contributed by atoms with van der Waals surface area (Å²) in [4.78, 5) is 0. The van der Waals surface area contributed by atoms with Gasteiger partial charge in [0.1, 0.15) is 0 Å². The molecule has 1 unspecified atom stereocenters. The van der Waals surface area contributed by atoms with Gasteiger partial charge in [0.15, 0.2) is 0 Å². The van der Waals surface area contributed by atoms with Crippen molar-refractivity contribution in [3.8, 4) is 0 Å². The van der Waals surface area contributed by atoms with Crippen LogP contribution < -0.4 is 0 Å². The summed E-state index contributed by atoms with van der Waals surface area (Å²) < 4.78 is 5.37. The molecular formula is C13H18O. The molecule has 14 heavy (non-hydrogen) atoms. The van der Waals surface area contributed by atoms with E-state index in [4.69, 9.17) is 4.74 Å². The highest BCUT2D eigenvalue weighted by molar-refractivity contribution is 5.36. The topological polar surface area (TPSA) is 9.23 Å². The molecule has 0 radical (unpaired) electrons. The van der Waals surface area contributed by atoms with Gasteiger partial charge in [-0.1, -0.05) is 24.3 Å². The Morgan fingerprint density at radius 1 is 1.21 bits per heavy atom. The second-order valence-corrected chi connectivity index (χ2v) is 3.98. The van der Waals surface area contributed by atoms with Crippen LogP contribution in [0.1, 0.15) is 32.1 Å². The van der Waals surface area contributed by atoms with Crippen molar-refractivity contribution in [2.24, 2.45) is 0 Å². The number of ether oxygens (including phenoxy) is 1. The van der Waals surface area contributed by atoms with Gasteiger partial charge in [0.25, 0.3) is 0 Å². The monoisotopic (exact) mass is 190 g/mol. The van der Waals surface area contributed by atoms with Crippen LogP contribution in [0.3, 0.4) is 0 Å². The largest absolute Gasteiger partial charge is 0.377 e. The fraction of sp³-hybridized carbons (Fsp3) is 0.538. The summed E-state index contributed by atoms with van der Waals surface area (Å²) in [6, 6.07) is 0. The standard InChI is InChI=1S/C13H18O/c1-14-13-8-4-7-11-5-2-3-6-12(11)9-10-13/h4-6,8,13H,2-3,7,9-10H2,1H3/b8-4-. The van der Waals surface area contributed by atoms with E-state index in [2.05, 4.69) is 24.3 Å².